The molecule has 1 unspecified atom stereocenters. The Morgan fingerprint density at radius 1 is 1.00 bits per heavy atom. The zero-order valence-corrected chi connectivity index (χ0v) is 12.6. The molecule has 0 saturated heterocycles. The van der Waals surface area contributed by atoms with Crippen molar-refractivity contribution in [3.05, 3.63) is 0 Å². The van der Waals surface area contributed by atoms with Crippen molar-refractivity contribution < 1.29 is 24.6 Å². The maximum atomic E-state index is 11.5. The lowest BCUT2D eigenvalue weighted by molar-refractivity contribution is -0.140. The van der Waals surface area contributed by atoms with Crippen LogP contribution in [0.3, 0.4) is 0 Å². The molecule has 0 aromatic heterocycles. The van der Waals surface area contributed by atoms with E-state index in [-0.39, 0.29) is 12.8 Å². The van der Waals surface area contributed by atoms with Crippen LogP contribution in [-0.4, -0.2) is 40.8 Å². The van der Waals surface area contributed by atoms with Gasteiger partial charge in [0.25, 0.3) is 0 Å². The van der Waals surface area contributed by atoms with Crippen molar-refractivity contribution in [1.29, 1.82) is 0 Å². The number of carbonyl (C=O) groups is 3. The van der Waals surface area contributed by atoms with Gasteiger partial charge in [-0.25, -0.2) is 9.59 Å². The standard InChI is InChI=1S/C14H26N2O5/c1-2-3-4-5-6-7-10-15-14(21)16-11(13(19)20)8-9-12(17)18/h11H,2-10H2,1H3,(H,17,18)(H,19,20)(H2,15,16,21). The van der Waals surface area contributed by atoms with Crippen LogP contribution < -0.4 is 10.6 Å². The average Bonchev–Trinajstić information content (AvgIpc) is 2.41. The zero-order valence-electron chi connectivity index (χ0n) is 12.6. The monoisotopic (exact) mass is 302 g/mol. The third kappa shape index (κ3) is 11.7. The van der Waals surface area contributed by atoms with Gasteiger partial charge in [-0.15, -0.1) is 0 Å². The molecule has 0 aromatic carbocycles. The SMILES string of the molecule is CCCCCCCCNC(=O)NC(CCC(=O)O)C(=O)O. The van der Waals surface area contributed by atoms with E-state index in [2.05, 4.69) is 17.6 Å². The van der Waals surface area contributed by atoms with Crippen molar-refractivity contribution in [2.24, 2.45) is 0 Å². The van der Waals surface area contributed by atoms with Crippen molar-refractivity contribution >= 4 is 18.0 Å². The van der Waals surface area contributed by atoms with Crippen LogP contribution >= 0.6 is 0 Å². The fraction of sp³-hybridized carbons (Fsp3) is 0.786. The van der Waals surface area contributed by atoms with Gasteiger partial charge in [-0.2, -0.15) is 0 Å². The number of hydrogen-bond donors (Lipinski definition) is 4. The van der Waals surface area contributed by atoms with Crippen molar-refractivity contribution in [2.75, 3.05) is 6.54 Å². The molecule has 0 aliphatic rings. The first kappa shape index (κ1) is 19.2. The number of carbonyl (C=O) groups excluding carboxylic acids is 1. The topological polar surface area (TPSA) is 116 Å². The van der Waals surface area contributed by atoms with E-state index in [4.69, 9.17) is 10.2 Å². The number of unbranched alkanes of at least 4 members (excludes halogenated alkanes) is 5. The van der Waals surface area contributed by atoms with Gasteiger partial charge in [0, 0.05) is 13.0 Å². The second-order valence-corrected chi connectivity index (χ2v) is 4.99. The molecule has 4 N–H and O–H groups in total. The summed E-state index contributed by atoms with van der Waals surface area (Å²) in [5.74, 6) is -2.32. The molecule has 1 atom stereocenters. The van der Waals surface area contributed by atoms with Crippen molar-refractivity contribution in [1.82, 2.24) is 10.6 Å². The normalized spacial score (nSPS) is 11.7. The number of rotatable bonds is 12. The van der Waals surface area contributed by atoms with Crippen LogP contribution in [0.25, 0.3) is 0 Å². The quantitative estimate of drug-likeness (QED) is 0.411. The highest BCUT2D eigenvalue weighted by Gasteiger charge is 2.20. The summed E-state index contributed by atoms with van der Waals surface area (Å²) < 4.78 is 0. The summed E-state index contributed by atoms with van der Waals surface area (Å²) in [5, 5.41) is 22.3. The molecule has 0 bridgehead atoms. The molecule has 0 fully saturated rings. The summed E-state index contributed by atoms with van der Waals surface area (Å²) in [5.41, 5.74) is 0. The summed E-state index contributed by atoms with van der Waals surface area (Å²) >= 11 is 0. The molecule has 21 heavy (non-hydrogen) atoms. The van der Waals surface area contributed by atoms with Gasteiger partial charge in [-0.1, -0.05) is 39.0 Å². The summed E-state index contributed by atoms with van der Waals surface area (Å²) in [7, 11) is 0. The lowest BCUT2D eigenvalue weighted by atomic mass is 10.1. The number of urea groups is 1. The van der Waals surface area contributed by atoms with Gasteiger partial charge in [-0.3, -0.25) is 4.79 Å². The van der Waals surface area contributed by atoms with Crippen LogP contribution in [0, 0.1) is 0 Å². The molecule has 7 nitrogen and oxygen atoms in total. The Kier molecular flexibility index (Phi) is 11.0. The van der Waals surface area contributed by atoms with Gasteiger partial charge < -0.3 is 20.8 Å². The minimum Gasteiger partial charge on any atom is -0.481 e. The van der Waals surface area contributed by atoms with E-state index >= 15 is 0 Å². The number of carboxylic acids is 2. The van der Waals surface area contributed by atoms with E-state index in [9.17, 15) is 14.4 Å². The van der Waals surface area contributed by atoms with Crippen molar-refractivity contribution in [3.8, 4) is 0 Å². The number of carboxylic acid groups (broad SMARTS) is 2. The lowest BCUT2D eigenvalue weighted by Gasteiger charge is -2.14. The Hall–Kier alpha value is -1.79. The fourth-order valence-corrected chi connectivity index (χ4v) is 1.84. The first-order valence-electron chi connectivity index (χ1n) is 7.46. The maximum Gasteiger partial charge on any atom is 0.326 e. The Morgan fingerprint density at radius 2 is 1.62 bits per heavy atom. The molecule has 0 radical (unpaired) electrons. The zero-order chi connectivity index (χ0) is 16.1. The van der Waals surface area contributed by atoms with E-state index < -0.39 is 24.0 Å². The summed E-state index contributed by atoms with van der Waals surface area (Å²) in [6, 6.07) is -1.74. The van der Waals surface area contributed by atoms with Gasteiger partial charge in [0.1, 0.15) is 6.04 Å². The highest BCUT2D eigenvalue weighted by atomic mass is 16.4. The predicted molar refractivity (Wildman–Crippen MR) is 78.2 cm³/mol. The molecule has 0 saturated carbocycles. The van der Waals surface area contributed by atoms with Crippen LogP contribution in [-0.2, 0) is 9.59 Å². The van der Waals surface area contributed by atoms with Crippen LogP contribution in [0.5, 0.6) is 0 Å². The van der Waals surface area contributed by atoms with Gasteiger partial charge in [-0.05, 0) is 12.8 Å². The predicted octanol–water partition coefficient (Wildman–Crippen LogP) is 1.96. The largest absolute Gasteiger partial charge is 0.481 e. The number of aliphatic carboxylic acids is 2. The van der Waals surface area contributed by atoms with Crippen LogP contribution in [0.15, 0.2) is 0 Å². The molecule has 0 spiro atoms. The Morgan fingerprint density at radius 3 is 2.19 bits per heavy atom. The summed E-state index contributed by atoms with van der Waals surface area (Å²) in [6.45, 7) is 2.64. The smallest absolute Gasteiger partial charge is 0.326 e. The van der Waals surface area contributed by atoms with Gasteiger partial charge in [0.2, 0.25) is 0 Å². The highest BCUT2D eigenvalue weighted by Crippen LogP contribution is 2.04. The van der Waals surface area contributed by atoms with Crippen molar-refractivity contribution in [2.45, 2.75) is 64.3 Å². The fourth-order valence-electron chi connectivity index (χ4n) is 1.84. The molecule has 0 aromatic rings. The lowest BCUT2D eigenvalue weighted by Crippen LogP contribution is -2.46. The number of nitrogens with one attached hydrogen (secondary N) is 2. The van der Waals surface area contributed by atoms with Crippen molar-refractivity contribution in [3.63, 3.8) is 0 Å². The van der Waals surface area contributed by atoms with Crippen LogP contribution in [0.1, 0.15) is 58.3 Å². The first-order chi connectivity index (χ1) is 9.97. The molecule has 0 heterocycles. The minimum atomic E-state index is -1.23. The molecule has 122 valence electrons. The molecule has 0 rings (SSSR count). The molecular formula is C14H26N2O5. The number of hydrogen-bond acceptors (Lipinski definition) is 3. The van der Waals surface area contributed by atoms with E-state index in [0.29, 0.717) is 6.54 Å². The Balaban J connectivity index is 3.78. The van der Waals surface area contributed by atoms with Crippen LogP contribution in [0.2, 0.25) is 0 Å². The average molecular weight is 302 g/mol. The maximum absolute atomic E-state index is 11.5. The van der Waals surface area contributed by atoms with Gasteiger partial charge in [0.05, 0.1) is 0 Å². The molecule has 0 aliphatic heterocycles. The van der Waals surface area contributed by atoms with Gasteiger partial charge >= 0.3 is 18.0 Å². The summed E-state index contributed by atoms with van der Waals surface area (Å²) in [6.07, 6.45) is 6.19. The summed E-state index contributed by atoms with van der Waals surface area (Å²) in [4.78, 5) is 32.8. The Bertz CT molecular complexity index is 333. The highest BCUT2D eigenvalue weighted by molar-refractivity contribution is 5.82. The molecule has 0 aliphatic carbocycles. The van der Waals surface area contributed by atoms with Crippen LogP contribution in [0.4, 0.5) is 4.79 Å². The van der Waals surface area contributed by atoms with E-state index in [1.807, 2.05) is 0 Å². The molecular weight excluding hydrogens is 276 g/mol. The molecule has 7 heteroatoms. The Labute approximate surface area is 125 Å². The number of amides is 2. The van der Waals surface area contributed by atoms with E-state index in [0.717, 1.165) is 19.3 Å². The first-order valence-corrected chi connectivity index (χ1v) is 7.46. The van der Waals surface area contributed by atoms with E-state index in [1.54, 1.807) is 0 Å². The molecule has 2 amide bonds. The third-order valence-electron chi connectivity index (χ3n) is 3.07. The second-order valence-electron chi connectivity index (χ2n) is 4.99. The van der Waals surface area contributed by atoms with Gasteiger partial charge in [0.15, 0.2) is 0 Å². The van der Waals surface area contributed by atoms with E-state index in [1.165, 1.54) is 19.3 Å². The minimum absolute atomic E-state index is 0.130. The third-order valence-corrected chi connectivity index (χ3v) is 3.07. The second kappa shape index (κ2) is 12.0.